The molecule has 1 aliphatic heterocycles. The van der Waals surface area contributed by atoms with Gasteiger partial charge in [0.25, 0.3) is 0 Å². The van der Waals surface area contributed by atoms with E-state index in [4.69, 9.17) is 11.6 Å². The monoisotopic (exact) mass is 312 g/mol. The molecular formula is C17H26ClFN2. The van der Waals surface area contributed by atoms with Crippen molar-refractivity contribution in [2.45, 2.75) is 52.7 Å². The normalized spacial score (nSPS) is 24.3. The largest absolute Gasteiger partial charge is 0.311 e. The molecule has 1 saturated heterocycles. The molecule has 0 amide bonds. The van der Waals surface area contributed by atoms with E-state index in [0.29, 0.717) is 29.2 Å². The molecule has 1 fully saturated rings. The molecule has 21 heavy (non-hydrogen) atoms. The first-order valence-electron chi connectivity index (χ1n) is 7.73. The first kappa shape index (κ1) is 16.7. The summed E-state index contributed by atoms with van der Waals surface area (Å²) in [5.41, 5.74) is 0.808. The molecule has 0 bridgehead atoms. The van der Waals surface area contributed by atoms with E-state index >= 15 is 0 Å². The van der Waals surface area contributed by atoms with E-state index in [-0.39, 0.29) is 11.2 Å². The van der Waals surface area contributed by atoms with Gasteiger partial charge in [-0.3, -0.25) is 4.90 Å². The number of hydrogen-bond acceptors (Lipinski definition) is 2. The zero-order valence-corrected chi connectivity index (χ0v) is 14.2. The molecule has 2 nitrogen and oxygen atoms in total. The highest BCUT2D eigenvalue weighted by Crippen LogP contribution is 2.27. The van der Waals surface area contributed by atoms with Gasteiger partial charge in [0.1, 0.15) is 5.82 Å². The van der Waals surface area contributed by atoms with Gasteiger partial charge in [-0.15, -0.1) is 0 Å². The average molecular weight is 313 g/mol. The molecule has 0 aliphatic carbocycles. The third kappa shape index (κ3) is 3.97. The third-order valence-electron chi connectivity index (χ3n) is 4.47. The first-order chi connectivity index (χ1) is 9.82. The van der Waals surface area contributed by atoms with Gasteiger partial charge in [0.2, 0.25) is 0 Å². The Morgan fingerprint density at radius 2 is 2.10 bits per heavy atom. The number of benzene rings is 1. The van der Waals surface area contributed by atoms with Crippen molar-refractivity contribution in [2.75, 3.05) is 13.1 Å². The third-order valence-corrected chi connectivity index (χ3v) is 4.83. The van der Waals surface area contributed by atoms with Crippen molar-refractivity contribution in [2.24, 2.45) is 5.41 Å². The molecule has 0 spiro atoms. The van der Waals surface area contributed by atoms with E-state index in [1.807, 2.05) is 0 Å². The van der Waals surface area contributed by atoms with E-state index in [2.05, 4.69) is 37.9 Å². The minimum atomic E-state index is -0.205. The molecule has 0 aromatic heterocycles. The summed E-state index contributed by atoms with van der Waals surface area (Å²) in [7, 11) is 0. The van der Waals surface area contributed by atoms with Crippen LogP contribution in [-0.4, -0.2) is 30.1 Å². The fourth-order valence-corrected chi connectivity index (χ4v) is 3.14. The van der Waals surface area contributed by atoms with Crippen LogP contribution >= 0.6 is 11.6 Å². The van der Waals surface area contributed by atoms with Gasteiger partial charge in [0, 0.05) is 42.3 Å². The number of halogens is 2. The lowest BCUT2D eigenvalue weighted by atomic mass is 9.84. The molecule has 1 aliphatic rings. The van der Waals surface area contributed by atoms with Crippen LogP contribution < -0.4 is 5.32 Å². The van der Waals surface area contributed by atoms with Crippen LogP contribution in [-0.2, 0) is 6.54 Å². The standard InChI is InChI=1S/C17H26ClFN2/c1-5-12-9-20-16(17(2,3)4)11-21(12)10-13-14(18)7-6-8-15(13)19/h6-8,12,16,20H,5,9-11H2,1-4H3. The Hall–Kier alpha value is -0.640. The van der Waals surface area contributed by atoms with Crippen molar-refractivity contribution < 1.29 is 4.39 Å². The molecular weight excluding hydrogens is 287 g/mol. The van der Waals surface area contributed by atoms with Crippen molar-refractivity contribution in [1.29, 1.82) is 0 Å². The second kappa shape index (κ2) is 6.64. The van der Waals surface area contributed by atoms with Crippen molar-refractivity contribution in [3.8, 4) is 0 Å². The average Bonchev–Trinajstić information content (AvgIpc) is 2.42. The molecule has 0 radical (unpaired) electrons. The van der Waals surface area contributed by atoms with Crippen molar-refractivity contribution in [3.05, 3.63) is 34.6 Å². The van der Waals surface area contributed by atoms with Crippen molar-refractivity contribution >= 4 is 11.6 Å². The lowest BCUT2D eigenvalue weighted by Gasteiger charge is -2.45. The highest BCUT2D eigenvalue weighted by molar-refractivity contribution is 6.31. The Bertz CT molecular complexity index is 464. The van der Waals surface area contributed by atoms with Crippen LogP contribution in [0.4, 0.5) is 4.39 Å². The summed E-state index contributed by atoms with van der Waals surface area (Å²) in [6.07, 6.45) is 1.05. The van der Waals surface area contributed by atoms with E-state index in [1.165, 1.54) is 6.07 Å². The van der Waals surface area contributed by atoms with Crippen LogP contribution in [0.5, 0.6) is 0 Å². The Balaban J connectivity index is 2.18. The number of nitrogens with zero attached hydrogens (tertiary/aromatic N) is 1. The molecule has 2 rings (SSSR count). The number of nitrogens with one attached hydrogen (secondary N) is 1. The van der Waals surface area contributed by atoms with E-state index < -0.39 is 0 Å². The molecule has 1 N–H and O–H groups in total. The SMILES string of the molecule is CCC1CNC(C(C)(C)C)CN1Cc1c(F)cccc1Cl. The Morgan fingerprint density at radius 3 is 2.67 bits per heavy atom. The highest BCUT2D eigenvalue weighted by Gasteiger charge is 2.33. The minimum Gasteiger partial charge on any atom is -0.311 e. The van der Waals surface area contributed by atoms with Crippen molar-refractivity contribution in [1.82, 2.24) is 10.2 Å². The maximum atomic E-state index is 14.0. The first-order valence-corrected chi connectivity index (χ1v) is 8.11. The van der Waals surface area contributed by atoms with Gasteiger partial charge >= 0.3 is 0 Å². The van der Waals surface area contributed by atoms with Crippen LogP contribution in [0.2, 0.25) is 5.02 Å². The van der Waals surface area contributed by atoms with Crippen LogP contribution in [0, 0.1) is 11.2 Å². The summed E-state index contributed by atoms with van der Waals surface area (Å²) in [6.45, 7) is 11.4. The maximum absolute atomic E-state index is 14.0. The summed E-state index contributed by atoms with van der Waals surface area (Å²) in [5, 5.41) is 4.16. The fourth-order valence-electron chi connectivity index (χ4n) is 2.92. The van der Waals surface area contributed by atoms with Crippen LogP contribution in [0.25, 0.3) is 0 Å². The van der Waals surface area contributed by atoms with E-state index in [9.17, 15) is 4.39 Å². The van der Waals surface area contributed by atoms with Crippen LogP contribution in [0.1, 0.15) is 39.7 Å². The Morgan fingerprint density at radius 1 is 1.38 bits per heavy atom. The summed E-state index contributed by atoms with van der Waals surface area (Å²) < 4.78 is 14.0. The summed E-state index contributed by atoms with van der Waals surface area (Å²) in [4.78, 5) is 2.37. The summed E-state index contributed by atoms with van der Waals surface area (Å²) in [5.74, 6) is -0.205. The molecule has 1 aromatic carbocycles. The topological polar surface area (TPSA) is 15.3 Å². The second-order valence-corrected chi connectivity index (χ2v) is 7.43. The second-order valence-electron chi connectivity index (χ2n) is 7.02. The lowest BCUT2D eigenvalue weighted by Crippen LogP contribution is -2.59. The summed E-state index contributed by atoms with van der Waals surface area (Å²) >= 11 is 6.18. The van der Waals surface area contributed by atoms with Crippen molar-refractivity contribution in [3.63, 3.8) is 0 Å². The molecule has 118 valence electrons. The summed E-state index contributed by atoms with van der Waals surface area (Å²) in [6, 6.07) is 5.76. The minimum absolute atomic E-state index is 0.190. The fraction of sp³-hybridized carbons (Fsp3) is 0.647. The molecule has 0 saturated carbocycles. The highest BCUT2D eigenvalue weighted by atomic mass is 35.5. The number of piperazine rings is 1. The number of rotatable bonds is 3. The van der Waals surface area contributed by atoms with E-state index in [1.54, 1.807) is 12.1 Å². The zero-order valence-electron chi connectivity index (χ0n) is 13.4. The molecule has 1 heterocycles. The van der Waals surface area contributed by atoms with Gasteiger partial charge < -0.3 is 5.32 Å². The molecule has 4 heteroatoms. The quantitative estimate of drug-likeness (QED) is 0.905. The molecule has 1 aromatic rings. The van der Waals surface area contributed by atoms with Crippen LogP contribution in [0.15, 0.2) is 18.2 Å². The smallest absolute Gasteiger partial charge is 0.129 e. The van der Waals surface area contributed by atoms with Gasteiger partial charge in [-0.25, -0.2) is 4.39 Å². The molecule has 2 unspecified atom stereocenters. The van der Waals surface area contributed by atoms with Gasteiger partial charge in [0.15, 0.2) is 0 Å². The van der Waals surface area contributed by atoms with Gasteiger partial charge in [-0.1, -0.05) is 45.4 Å². The predicted octanol–water partition coefficient (Wildman–Crippen LogP) is 4.08. The van der Waals surface area contributed by atoms with E-state index in [0.717, 1.165) is 19.5 Å². The predicted molar refractivity (Wildman–Crippen MR) is 87.1 cm³/mol. The van der Waals surface area contributed by atoms with Gasteiger partial charge in [-0.2, -0.15) is 0 Å². The maximum Gasteiger partial charge on any atom is 0.129 e. The molecule has 2 atom stereocenters. The van der Waals surface area contributed by atoms with Gasteiger partial charge in [-0.05, 0) is 24.0 Å². The van der Waals surface area contributed by atoms with Gasteiger partial charge in [0.05, 0.1) is 0 Å². The zero-order chi connectivity index (χ0) is 15.6. The van der Waals surface area contributed by atoms with Crippen LogP contribution in [0.3, 0.4) is 0 Å². The Labute approximate surface area is 132 Å². The number of hydrogen-bond donors (Lipinski definition) is 1. The Kier molecular flexibility index (Phi) is 5.29. The lowest BCUT2D eigenvalue weighted by molar-refractivity contribution is 0.0766.